The molecule has 0 unspecified atom stereocenters. The highest BCUT2D eigenvalue weighted by molar-refractivity contribution is 5.43. The van der Waals surface area contributed by atoms with Crippen LogP contribution in [0.4, 0.5) is 13.2 Å². The molecule has 0 aliphatic carbocycles. The molecular weight excluding hydrogens is 231 g/mol. The second-order valence-electron chi connectivity index (χ2n) is 3.22. The van der Waals surface area contributed by atoms with Crippen LogP contribution in [0.1, 0.15) is 16.7 Å². The standard InChI is InChI=1S/C11H8F3N3/c1-8-7-10(11(12,13)14)5-4-9(8)3-2-6-16-17-15/h4-5,7H,6H2,1H3. The molecule has 0 aliphatic heterocycles. The Balaban J connectivity index is 2.97. The van der Waals surface area contributed by atoms with E-state index < -0.39 is 11.7 Å². The maximum atomic E-state index is 12.4. The third-order valence-electron chi connectivity index (χ3n) is 1.99. The van der Waals surface area contributed by atoms with Gasteiger partial charge in [-0.25, -0.2) is 0 Å². The highest BCUT2D eigenvalue weighted by Crippen LogP contribution is 2.30. The van der Waals surface area contributed by atoms with Crippen LogP contribution in [0.25, 0.3) is 10.4 Å². The van der Waals surface area contributed by atoms with Gasteiger partial charge < -0.3 is 0 Å². The van der Waals surface area contributed by atoms with Crippen LogP contribution >= 0.6 is 0 Å². The van der Waals surface area contributed by atoms with Crippen LogP contribution in [-0.4, -0.2) is 6.54 Å². The molecule has 1 rings (SSSR count). The summed E-state index contributed by atoms with van der Waals surface area (Å²) in [5.41, 5.74) is 8.24. The average molecular weight is 239 g/mol. The van der Waals surface area contributed by atoms with E-state index in [1.807, 2.05) is 0 Å². The number of rotatable bonds is 1. The topological polar surface area (TPSA) is 48.8 Å². The molecule has 88 valence electrons. The number of hydrogen-bond donors (Lipinski definition) is 0. The number of azide groups is 1. The fourth-order valence-corrected chi connectivity index (χ4v) is 1.18. The summed E-state index contributed by atoms with van der Waals surface area (Å²) >= 11 is 0. The number of benzene rings is 1. The Labute approximate surface area is 95.9 Å². The van der Waals surface area contributed by atoms with Gasteiger partial charge in [0.15, 0.2) is 0 Å². The fourth-order valence-electron chi connectivity index (χ4n) is 1.18. The zero-order valence-electron chi connectivity index (χ0n) is 8.91. The molecule has 17 heavy (non-hydrogen) atoms. The van der Waals surface area contributed by atoms with E-state index in [0.29, 0.717) is 11.1 Å². The predicted molar refractivity (Wildman–Crippen MR) is 57.1 cm³/mol. The van der Waals surface area contributed by atoms with E-state index in [2.05, 4.69) is 21.9 Å². The minimum Gasteiger partial charge on any atom is -0.166 e. The molecule has 0 saturated heterocycles. The molecule has 0 atom stereocenters. The van der Waals surface area contributed by atoms with Gasteiger partial charge in [0.25, 0.3) is 0 Å². The van der Waals surface area contributed by atoms with Crippen molar-refractivity contribution in [3.8, 4) is 11.8 Å². The molecule has 0 amide bonds. The fraction of sp³-hybridized carbons (Fsp3) is 0.273. The van der Waals surface area contributed by atoms with Gasteiger partial charge in [0, 0.05) is 10.5 Å². The van der Waals surface area contributed by atoms with E-state index in [9.17, 15) is 13.2 Å². The van der Waals surface area contributed by atoms with Crippen LogP contribution in [0.5, 0.6) is 0 Å². The van der Waals surface area contributed by atoms with Crippen molar-refractivity contribution in [2.45, 2.75) is 13.1 Å². The van der Waals surface area contributed by atoms with Gasteiger partial charge in [-0.3, -0.25) is 0 Å². The van der Waals surface area contributed by atoms with Crippen LogP contribution < -0.4 is 0 Å². The first-order valence-electron chi connectivity index (χ1n) is 4.62. The molecule has 0 heterocycles. The molecule has 1 aromatic carbocycles. The summed E-state index contributed by atoms with van der Waals surface area (Å²) in [7, 11) is 0. The molecule has 0 saturated carbocycles. The van der Waals surface area contributed by atoms with Gasteiger partial charge in [-0.1, -0.05) is 17.0 Å². The van der Waals surface area contributed by atoms with E-state index in [1.54, 1.807) is 6.92 Å². The molecule has 0 aromatic heterocycles. The second kappa shape index (κ2) is 5.28. The largest absolute Gasteiger partial charge is 0.416 e. The van der Waals surface area contributed by atoms with Crippen molar-refractivity contribution in [1.29, 1.82) is 0 Å². The molecule has 0 spiro atoms. The molecule has 0 bridgehead atoms. The van der Waals surface area contributed by atoms with Gasteiger partial charge in [-0.2, -0.15) is 13.2 Å². The Kier molecular flexibility index (Phi) is 4.02. The maximum Gasteiger partial charge on any atom is 0.416 e. The lowest BCUT2D eigenvalue weighted by Crippen LogP contribution is -2.05. The molecule has 1 aromatic rings. The molecule has 6 heteroatoms. The van der Waals surface area contributed by atoms with Crippen LogP contribution in [-0.2, 0) is 6.18 Å². The normalized spacial score (nSPS) is 10.1. The second-order valence-corrected chi connectivity index (χ2v) is 3.22. The summed E-state index contributed by atoms with van der Waals surface area (Å²) in [6, 6.07) is 3.32. The van der Waals surface area contributed by atoms with Gasteiger partial charge >= 0.3 is 6.18 Å². The van der Waals surface area contributed by atoms with Crippen LogP contribution in [0.2, 0.25) is 0 Å². The summed E-state index contributed by atoms with van der Waals surface area (Å²) in [6.07, 6.45) is -4.35. The van der Waals surface area contributed by atoms with Crippen molar-refractivity contribution in [2.75, 3.05) is 6.54 Å². The molecule has 0 N–H and O–H groups in total. The zero-order chi connectivity index (χ0) is 12.9. The highest BCUT2D eigenvalue weighted by Gasteiger charge is 2.30. The minimum atomic E-state index is -4.35. The summed E-state index contributed by atoms with van der Waals surface area (Å²) in [4.78, 5) is 2.51. The van der Waals surface area contributed by atoms with Gasteiger partial charge in [0.05, 0.1) is 12.1 Å². The quantitative estimate of drug-likeness (QED) is 0.310. The third kappa shape index (κ3) is 3.74. The first-order valence-corrected chi connectivity index (χ1v) is 4.62. The van der Waals surface area contributed by atoms with Gasteiger partial charge in [-0.05, 0) is 36.2 Å². The van der Waals surface area contributed by atoms with Gasteiger partial charge in [0.1, 0.15) is 0 Å². The Morgan fingerprint density at radius 1 is 1.41 bits per heavy atom. The number of halogens is 3. The van der Waals surface area contributed by atoms with Crippen molar-refractivity contribution >= 4 is 0 Å². The molecule has 0 aliphatic rings. The van der Waals surface area contributed by atoms with Crippen LogP contribution in [0.3, 0.4) is 0 Å². The van der Waals surface area contributed by atoms with Crippen molar-refractivity contribution < 1.29 is 13.2 Å². The maximum absolute atomic E-state index is 12.4. The van der Waals surface area contributed by atoms with E-state index in [0.717, 1.165) is 12.1 Å². The predicted octanol–water partition coefficient (Wildman–Crippen LogP) is 3.68. The van der Waals surface area contributed by atoms with Crippen molar-refractivity contribution in [3.05, 3.63) is 45.3 Å². The van der Waals surface area contributed by atoms with Gasteiger partial charge in [0.2, 0.25) is 0 Å². The summed E-state index contributed by atoms with van der Waals surface area (Å²) < 4.78 is 37.1. The summed E-state index contributed by atoms with van der Waals surface area (Å²) in [5.74, 6) is 5.19. The smallest absolute Gasteiger partial charge is 0.166 e. The molecular formula is C11H8F3N3. The Morgan fingerprint density at radius 3 is 2.65 bits per heavy atom. The van der Waals surface area contributed by atoms with Crippen LogP contribution in [0, 0.1) is 18.8 Å². The monoisotopic (exact) mass is 239 g/mol. The lowest BCUT2D eigenvalue weighted by Gasteiger charge is -2.07. The zero-order valence-corrected chi connectivity index (χ0v) is 8.91. The van der Waals surface area contributed by atoms with Crippen molar-refractivity contribution in [1.82, 2.24) is 0 Å². The van der Waals surface area contributed by atoms with Crippen molar-refractivity contribution in [2.24, 2.45) is 5.11 Å². The molecule has 0 radical (unpaired) electrons. The highest BCUT2D eigenvalue weighted by atomic mass is 19.4. The number of hydrogen-bond acceptors (Lipinski definition) is 1. The Hall–Kier alpha value is -2.12. The number of alkyl halides is 3. The van der Waals surface area contributed by atoms with E-state index in [-0.39, 0.29) is 6.54 Å². The third-order valence-corrected chi connectivity index (χ3v) is 1.99. The lowest BCUT2D eigenvalue weighted by molar-refractivity contribution is -0.137. The van der Waals surface area contributed by atoms with E-state index in [1.165, 1.54) is 6.07 Å². The Bertz CT molecular complexity index is 517. The molecule has 0 fully saturated rings. The number of aryl methyl sites for hydroxylation is 1. The Morgan fingerprint density at radius 2 is 2.12 bits per heavy atom. The van der Waals surface area contributed by atoms with Crippen molar-refractivity contribution in [3.63, 3.8) is 0 Å². The molecule has 3 nitrogen and oxygen atoms in total. The number of nitrogens with zero attached hydrogens (tertiary/aromatic N) is 3. The summed E-state index contributed by atoms with van der Waals surface area (Å²) in [6.45, 7) is 1.55. The van der Waals surface area contributed by atoms with Crippen LogP contribution in [0.15, 0.2) is 23.3 Å². The first-order chi connectivity index (χ1) is 7.95. The SMILES string of the molecule is Cc1cc(C(F)(F)F)ccc1C#CCN=[N+]=[N-]. The van der Waals surface area contributed by atoms with E-state index in [4.69, 9.17) is 5.53 Å². The first kappa shape index (κ1) is 12.9. The lowest BCUT2D eigenvalue weighted by atomic mass is 10.1. The van der Waals surface area contributed by atoms with E-state index >= 15 is 0 Å². The van der Waals surface area contributed by atoms with Gasteiger partial charge in [-0.15, -0.1) is 0 Å². The summed E-state index contributed by atoms with van der Waals surface area (Å²) in [5, 5.41) is 3.20. The average Bonchev–Trinajstić information content (AvgIpc) is 2.24. The minimum absolute atomic E-state index is 0.00301.